The lowest BCUT2D eigenvalue weighted by Crippen LogP contribution is -2.24. The van der Waals surface area contributed by atoms with Crippen LogP contribution < -0.4 is 5.32 Å². The van der Waals surface area contributed by atoms with Gasteiger partial charge in [0.1, 0.15) is 0 Å². The van der Waals surface area contributed by atoms with Crippen LogP contribution in [0.4, 0.5) is 0 Å². The molecule has 0 fully saturated rings. The van der Waals surface area contributed by atoms with Gasteiger partial charge in [0, 0.05) is 11.1 Å². The van der Waals surface area contributed by atoms with Crippen molar-refractivity contribution in [3.05, 3.63) is 76.8 Å². The predicted molar refractivity (Wildman–Crippen MR) is 83.5 cm³/mol. The molecule has 3 heteroatoms. The number of carbonyl (C=O) groups is 1. The van der Waals surface area contributed by atoms with Gasteiger partial charge in [-0.25, -0.2) is 0 Å². The van der Waals surface area contributed by atoms with Gasteiger partial charge in [0.25, 0.3) is 0 Å². The minimum Gasteiger partial charge on any atom is -0.346 e. The fourth-order valence-electron chi connectivity index (χ4n) is 1.83. The summed E-state index contributed by atoms with van der Waals surface area (Å²) in [6.07, 6.45) is 3.30. The van der Waals surface area contributed by atoms with Gasteiger partial charge < -0.3 is 5.32 Å². The highest BCUT2D eigenvalue weighted by atomic mass is 35.5. The summed E-state index contributed by atoms with van der Waals surface area (Å²) < 4.78 is 0. The van der Waals surface area contributed by atoms with E-state index in [1.54, 1.807) is 18.2 Å². The van der Waals surface area contributed by atoms with Crippen LogP contribution in [0.25, 0.3) is 6.08 Å². The average Bonchev–Trinajstić information content (AvgIpc) is 2.47. The van der Waals surface area contributed by atoms with E-state index >= 15 is 0 Å². The Morgan fingerprint density at radius 1 is 1.10 bits per heavy atom. The zero-order valence-corrected chi connectivity index (χ0v) is 12.0. The number of rotatable bonds is 4. The molecule has 0 saturated carbocycles. The van der Waals surface area contributed by atoms with Gasteiger partial charge in [-0.15, -0.1) is 0 Å². The summed E-state index contributed by atoms with van der Waals surface area (Å²) in [5, 5.41) is 3.61. The number of nitrogens with one attached hydrogen (secondary N) is 1. The lowest BCUT2D eigenvalue weighted by atomic mass is 10.1. The van der Waals surface area contributed by atoms with Gasteiger partial charge in [0.15, 0.2) is 0 Å². The molecule has 20 heavy (non-hydrogen) atoms. The summed E-state index contributed by atoms with van der Waals surface area (Å²) in [4.78, 5) is 11.8. The normalized spacial score (nSPS) is 12.3. The van der Waals surface area contributed by atoms with Crippen molar-refractivity contribution >= 4 is 23.6 Å². The van der Waals surface area contributed by atoms with Crippen LogP contribution in [0.15, 0.2) is 60.7 Å². The zero-order valence-electron chi connectivity index (χ0n) is 11.2. The van der Waals surface area contributed by atoms with Crippen molar-refractivity contribution in [2.45, 2.75) is 13.0 Å². The van der Waals surface area contributed by atoms with Crippen LogP contribution >= 0.6 is 11.6 Å². The maximum atomic E-state index is 11.8. The van der Waals surface area contributed by atoms with Crippen molar-refractivity contribution in [3.63, 3.8) is 0 Å². The zero-order chi connectivity index (χ0) is 14.4. The summed E-state index contributed by atoms with van der Waals surface area (Å²) in [6, 6.07) is 17.2. The number of carbonyl (C=O) groups excluding carboxylic acids is 1. The van der Waals surface area contributed by atoms with Crippen molar-refractivity contribution in [3.8, 4) is 0 Å². The predicted octanol–water partition coefficient (Wildman–Crippen LogP) is 4.23. The second-order valence-electron chi connectivity index (χ2n) is 4.53. The molecule has 0 radical (unpaired) electrons. The fraction of sp³-hybridized carbons (Fsp3) is 0.118. The second kappa shape index (κ2) is 6.92. The van der Waals surface area contributed by atoms with Gasteiger partial charge in [0.2, 0.25) is 5.91 Å². The molecule has 1 atom stereocenters. The molecular formula is C17H16ClNO. The average molecular weight is 286 g/mol. The monoisotopic (exact) mass is 285 g/mol. The van der Waals surface area contributed by atoms with Crippen LogP contribution in [0, 0.1) is 0 Å². The molecule has 2 nitrogen and oxygen atoms in total. The quantitative estimate of drug-likeness (QED) is 0.837. The van der Waals surface area contributed by atoms with E-state index in [1.165, 1.54) is 6.08 Å². The Hall–Kier alpha value is -2.06. The number of amides is 1. The van der Waals surface area contributed by atoms with E-state index in [2.05, 4.69) is 5.32 Å². The Morgan fingerprint density at radius 2 is 1.75 bits per heavy atom. The third-order valence-electron chi connectivity index (χ3n) is 2.96. The number of halogens is 1. The summed E-state index contributed by atoms with van der Waals surface area (Å²) in [7, 11) is 0. The van der Waals surface area contributed by atoms with Crippen LogP contribution in [0.1, 0.15) is 24.1 Å². The molecule has 0 aromatic heterocycles. The van der Waals surface area contributed by atoms with E-state index in [0.717, 1.165) is 11.1 Å². The maximum Gasteiger partial charge on any atom is 0.244 e. The first-order valence-corrected chi connectivity index (χ1v) is 6.82. The molecule has 102 valence electrons. The van der Waals surface area contributed by atoms with Gasteiger partial charge in [-0.3, -0.25) is 4.79 Å². The van der Waals surface area contributed by atoms with Crippen LogP contribution in [0.2, 0.25) is 5.02 Å². The summed E-state index contributed by atoms with van der Waals surface area (Å²) in [5.41, 5.74) is 2.03. The Bertz CT molecular complexity index is 590. The fourth-order valence-corrected chi connectivity index (χ4v) is 1.96. The first-order valence-electron chi connectivity index (χ1n) is 6.44. The highest BCUT2D eigenvalue weighted by Crippen LogP contribution is 2.12. The third-order valence-corrected chi connectivity index (χ3v) is 3.21. The largest absolute Gasteiger partial charge is 0.346 e. The lowest BCUT2D eigenvalue weighted by Gasteiger charge is -2.12. The van der Waals surface area contributed by atoms with Gasteiger partial charge in [0.05, 0.1) is 6.04 Å². The van der Waals surface area contributed by atoms with E-state index in [0.29, 0.717) is 5.02 Å². The van der Waals surface area contributed by atoms with E-state index < -0.39 is 0 Å². The molecule has 0 saturated heterocycles. The Morgan fingerprint density at radius 3 is 2.40 bits per heavy atom. The van der Waals surface area contributed by atoms with Crippen LogP contribution in [-0.4, -0.2) is 5.91 Å². The lowest BCUT2D eigenvalue weighted by molar-refractivity contribution is -0.117. The molecule has 2 aromatic rings. The van der Waals surface area contributed by atoms with Gasteiger partial charge >= 0.3 is 0 Å². The maximum absolute atomic E-state index is 11.8. The van der Waals surface area contributed by atoms with Gasteiger partial charge in [-0.1, -0.05) is 54.1 Å². The van der Waals surface area contributed by atoms with Crippen LogP contribution in [0.5, 0.6) is 0 Å². The van der Waals surface area contributed by atoms with Crippen LogP contribution in [0.3, 0.4) is 0 Å². The van der Waals surface area contributed by atoms with Gasteiger partial charge in [-0.05, 0) is 36.3 Å². The number of hydrogen-bond donors (Lipinski definition) is 1. The minimum atomic E-state index is -0.115. The number of benzene rings is 2. The smallest absolute Gasteiger partial charge is 0.244 e. The molecule has 1 unspecified atom stereocenters. The molecule has 0 aliphatic rings. The number of hydrogen-bond acceptors (Lipinski definition) is 1. The summed E-state index contributed by atoms with van der Waals surface area (Å²) >= 11 is 5.81. The Labute approximate surface area is 124 Å². The van der Waals surface area contributed by atoms with Gasteiger partial charge in [-0.2, -0.15) is 0 Å². The molecule has 1 N–H and O–H groups in total. The van der Waals surface area contributed by atoms with Crippen molar-refractivity contribution in [2.75, 3.05) is 0 Å². The second-order valence-corrected chi connectivity index (χ2v) is 4.96. The Balaban J connectivity index is 1.94. The third kappa shape index (κ3) is 4.25. The SMILES string of the molecule is CC(NC(=O)C=Cc1ccc(Cl)cc1)c1ccccc1. The first-order chi connectivity index (χ1) is 9.65. The highest BCUT2D eigenvalue weighted by molar-refractivity contribution is 6.30. The Kier molecular flexibility index (Phi) is 4.97. The topological polar surface area (TPSA) is 29.1 Å². The van der Waals surface area contributed by atoms with Crippen LogP contribution in [-0.2, 0) is 4.79 Å². The molecule has 0 bridgehead atoms. The molecule has 2 aromatic carbocycles. The molecule has 1 amide bonds. The summed E-state index contributed by atoms with van der Waals surface area (Å²) in [5.74, 6) is -0.115. The van der Waals surface area contributed by atoms with E-state index in [-0.39, 0.29) is 11.9 Å². The standard InChI is InChI=1S/C17H16ClNO/c1-13(15-5-3-2-4-6-15)19-17(20)12-9-14-7-10-16(18)11-8-14/h2-13H,1H3,(H,19,20). The molecule has 0 heterocycles. The molecule has 0 aliphatic carbocycles. The van der Waals surface area contributed by atoms with E-state index in [4.69, 9.17) is 11.6 Å². The molecule has 0 aliphatic heterocycles. The summed E-state index contributed by atoms with van der Waals surface area (Å²) in [6.45, 7) is 1.96. The first kappa shape index (κ1) is 14.4. The molecular weight excluding hydrogens is 270 g/mol. The highest BCUT2D eigenvalue weighted by Gasteiger charge is 2.06. The van der Waals surface area contributed by atoms with E-state index in [1.807, 2.05) is 49.4 Å². The van der Waals surface area contributed by atoms with E-state index in [9.17, 15) is 4.79 Å². The minimum absolute atomic E-state index is 0.0152. The molecule has 0 spiro atoms. The van der Waals surface area contributed by atoms with Crippen molar-refractivity contribution in [1.82, 2.24) is 5.32 Å². The van der Waals surface area contributed by atoms with Crippen molar-refractivity contribution in [1.29, 1.82) is 0 Å². The molecule has 2 rings (SSSR count). The van der Waals surface area contributed by atoms with Crippen molar-refractivity contribution < 1.29 is 4.79 Å². The van der Waals surface area contributed by atoms with Crippen molar-refractivity contribution in [2.24, 2.45) is 0 Å².